The largest absolute Gasteiger partial charge is 0.423 e. The first kappa shape index (κ1) is 12.5. The lowest BCUT2D eigenvalue weighted by Gasteiger charge is -2.14. The number of para-hydroxylation sites is 1. The number of benzene rings is 2. The average Bonchev–Trinajstić information content (AvgIpc) is 2.83. The van der Waals surface area contributed by atoms with Gasteiger partial charge in [-0.05, 0) is 37.1 Å². The molecule has 1 heterocycles. The molecule has 102 valence electrons. The number of anilines is 2. The lowest BCUT2D eigenvalue weighted by atomic mass is 10.0. The summed E-state index contributed by atoms with van der Waals surface area (Å²) in [7, 11) is 0. The van der Waals surface area contributed by atoms with Crippen LogP contribution in [0.25, 0.3) is 11.1 Å². The monoisotopic (exact) mass is 267 g/mol. The van der Waals surface area contributed by atoms with Crippen molar-refractivity contribution in [2.24, 2.45) is 0 Å². The van der Waals surface area contributed by atoms with Gasteiger partial charge in [0.1, 0.15) is 5.52 Å². The van der Waals surface area contributed by atoms with E-state index in [1.807, 2.05) is 30.3 Å². The molecular weight excluding hydrogens is 250 g/mol. The van der Waals surface area contributed by atoms with E-state index in [9.17, 15) is 0 Å². The molecule has 0 aliphatic heterocycles. The van der Waals surface area contributed by atoms with E-state index in [0.29, 0.717) is 22.8 Å². The van der Waals surface area contributed by atoms with Gasteiger partial charge < -0.3 is 15.5 Å². The van der Waals surface area contributed by atoms with E-state index in [1.54, 1.807) is 0 Å². The highest BCUT2D eigenvalue weighted by atomic mass is 16.4. The Morgan fingerprint density at radius 3 is 2.70 bits per heavy atom. The summed E-state index contributed by atoms with van der Waals surface area (Å²) in [4.78, 5) is 4.40. The molecule has 0 aliphatic carbocycles. The molecule has 3 rings (SSSR count). The molecule has 1 aromatic heterocycles. The third-order valence-corrected chi connectivity index (χ3v) is 3.45. The lowest BCUT2D eigenvalue weighted by Crippen LogP contribution is -2.08. The van der Waals surface area contributed by atoms with Crippen LogP contribution in [0.1, 0.15) is 24.1 Å². The van der Waals surface area contributed by atoms with Gasteiger partial charge in [0, 0.05) is 0 Å². The average molecular weight is 267 g/mol. The van der Waals surface area contributed by atoms with Crippen LogP contribution in [-0.2, 0) is 0 Å². The summed E-state index contributed by atoms with van der Waals surface area (Å²) in [5, 5.41) is 3.28. The fraction of sp³-hybridized carbons (Fsp3) is 0.188. The van der Waals surface area contributed by atoms with E-state index in [2.05, 4.69) is 36.3 Å². The summed E-state index contributed by atoms with van der Waals surface area (Å²) >= 11 is 0. The Balaban J connectivity index is 1.90. The molecule has 20 heavy (non-hydrogen) atoms. The Bertz CT molecular complexity index is 748. The van der Waals surface area contributed by atoms with E-state index in [0.717, 1.165) is 0 Å². The van der Waals surface area contributed by atoms with Crippen molar-refractivity contribution in [3.05, 3.63) is 53.6 Å². The zero-order chi connectivity index (χ0) is 14.1. The van der Waals surface area contributed by atoms with Crippen molar-refractivity contribution >= 4 is 22.8 Å². The molecule has 1 unspecified atom stereocenters. The number of aryl methyl sites for hydroxylation is 1. The van der Waals surface area contributed by atoms with Gasteiger partial charge in [-0.15, -0.1) is 0 Å². The number of oxazole rings is 1. The molecule has 0 amide bonds. The van der Waals surface area contributed by atoms with Crippen molar-refractivity contribution in [2.75, 3.05) is 11.1 Å². The summed E-state index contributed by atoms with van der Waals surface area (Å²) in [6, 6.07) is 14.4. The molecule has 1 atom stereocenters. The number of nitrogens with one attached hydrogen (secondary N) is 1. The Labute approximate surface area is 117 Å². The molecule has 0 saturated carbocycles. The first-order chi connectivity index (χ1) is 9.65. The van der Waals surface area contributed by atoms with Crippen molar-refractivity contribution in [1.29, 1.82) is 0 Å². The Kier molecular flexibility index (Phi) is 3.06. The maximum atomic E-state index is 5.89. The van der Waals surface area contributed by atoms with Crippen LogP contribution in [-0.4, -0.2) is 4.98 Å². The van der Waals surface area contributed by atoms with Crippen LogP contribution in [0.2, 0.25) is 0 Å². The molecule has 3 aromatic rings. The van der Waals surface area contributed by atoms with Gasteiger partial charge in [0.25, 0.3) is 6.01 Å². The van der Waals surface area contributed by atoms with Gasteiger partial charge in [-0.25, -0.2) is 0 Å². The number of rotatable bonds is 3. The summed E-state index contributed by atoms with van der Waals surface area (Å²) in [5.74, 6) is 0. The van der Waals surface area contributed by atoms with Gasteiger partial charge >= 0.3 is 0 Å². The molecule has 0 fully saturated rings. The maximum absolute atomic E-state index is 5.89. The standard InChI is InChI=1S/C16H17N3O/c1-10-6-3-4-7-12(10)11(2)18-16-19-15-13(17)8-5-9-14(15)20-16/h3-9,11H,17H2,1-2H3,(H,18,19). The topological polar surface area (TPSA) is 64.1 Å². The SMILES string of the molecule is Cc1ccccc1C(C)Nc1nc2c(N)cccc2o1. The summed E-state index contributed by atoms with van der Waals surface area (Å²) in [6.07, 6.45) is 0. The molecule has 4 heteroatoms. The third kappa shape index (κ3) is 2.20. The predicted octanol–water partition coefficient (Wildman–Crippen LogP) is 3.89. The Hall–Kier alpha value is -2.49. The summed E-state index contributed by atoms with van der Waals surface area (Å²) < 4.78 is 5.68. The quantitative estimate of drug-likeness (QED) is 0.706. The molecular formula is C16H17N3O. The van der Waals surface area contributed by atoms with Crippen LogP contribution in [0.5, 0.6) is 0 Å². The van der Waals surface area contributed by atoms with E-state index in [-0.39, 0.29) is 6.04 Å². The van der Waals surface area contributed by atoms with Crippen LogP contribution in [0, 0.1) is 6.92 Å². The number of hydrogen-bond donors (Lipinski definition) is 2. The third-order valence-electron chi connectivity index (χ3n) is 3.45. The normalized spacial score (nSPS) is 12.5. The number of nitrogens with two attached hydrogens (primary N) is 1. The zero-order valence-corrected chi connectivity index (χ0v) is 11.6. The number of fused-ring (bicyclic) bond motifs is 1. The molecule has 0 spiro atoms. The van der Waals surface area contributed by atoms with E-state index in [1.165, 1.54) is 11.1 Å². The first-order valence-electron chi connectivity index (χ1n) is 6.62. The van der Waals surface area contributed by atoms with Crippen LogP contribution >= 0.6 is 0 Å². The van der Waals surface area contributed by atoms with Crippen molar-refractivity contribution in [3.63, 3.8) is 0 Å². The minimum absolute atomic E-state index is 0.116. The van der Waals surface area contributed by atoms with Crippen LogP contribution in [0.4, 0.5) is 11.7 Å². The summed E-state index contributed by atoms with van der Waals surface area (Å²) in [6.45, 7) is 4.18. The van der Waals surface area contributed by atoms with Gasteiger partial charge in [0.05, 0.1) is 11.7 Å². The maximum Gasteiger partial charge on any atom is 0.296 e. The molecule has 0 bridgehead atoms. The highest BCUT2D eigenvalue weighted by Crippen LogP contribution is 2.27. The Morgan fingerprint density at radius 2 is 1.95 bits per heavy atom. The fourth-order valence-corrected chi connectivity index (χ4v) is 2.37. The number of nitrogens with zero attached hydrogens (tertiary/aromatic N) is 1. The van der Waals surface area contributed by atoms with Crippen molar-refractivity contribution in [2.45, 2.75) is 19.9 Å². The Morgan fingerprint density at radius 1 is 1.15 bits per heavy atom. The van der Waals surface area contributed by atoms with Crippen molar-refractivity contribution < 1.29 is 4.42 Å². The predicted molar refractivity (Wildman–Crippen MR) is 81.6 cm³/mol. The van der Waals surface area contributed by atoms with Crippen molar-refractivity contribution in [1.82, 2.24) is 4.98 Å². The second-order valence-corrected chi connectivity index (χ2v) is 4.94. The number of hydrogen-bond acceptors (Lipinski definition) is 4. The van der Waals surface area contributed by atoms with E-state index >= 15 is 0 Å². The van der Waals surface area contributed by atoms with Gasteiger partial charge in [-0.2, -0.15) is 4.98 Å². The van der Waals surface area contributed by atoms with Gasteiger partial charge in [0.15, 0.2) is 5.58 Å². The summed E-state index contributed by atoms with van der Waals surface area (Å²) in [5.41, 5.74) is 10.4. The molecule has 2 aromatic carbocycles. The van der Waals surface area contributed by atoms with Crippen molar-refractivity contribution in [3.8, 4) is 0 Å². The highest BCUT2D eigenvalue weighted by Gasteiger charge is 2.12. The molecule has 3 N–H and O–H groups in total. The van der Waals surface area contributed by atoms with E-state index in [4.69, 9.17) is 10.2 Å². The molecule has 0 aliphatic rings. The number of nitrogen functional groups attached to an aromatic ring is 1. The minimum atomic E-state index is 0.116. The second-order valence-electron chi connectivity index (χ2n) is 4.94. The van der Waals surface area contributed by atoms with Crippen LogP contribution in [0.15, 0.2) is 46.9 Å². The second kappa shape index (κ2) is 4.89. The minimum Gasteiger partial charge on any atom is -0.423 e. The van der Waals surface area contributed by atoms with Gasteiger partial charge in [-0.1, -0.05) is 30.3 Å². The van der Waals surface area contributed by atoms with Gasteiger partial charge in [-0.3, -0.25) is 0 Å². The zero-order valence-electron chi connectivity index (χ0n) is 11.6. The van der Waals surface area contributed by atoms with E-state index < -0.39 is 0 Å². The lowest BCUT2D eigenvalue weighted by molar-refractivity contribution is 0.603. The number of aromatic nitrogens is 1. The van der Waals surface area contributed by atoms with Crippen LogP contribution in [0.3, 0.4) is 0 Å². The molecule has 0 radical (unpaired) electrons. The fourth-order valence-electron chi connectivity index (χ4n) is 2.37. The van der Waals surface area contributed by atoms with Gasteiger partial charge in [0.2, 0.25) is 0 Å². The van der Waals surface area contributed by atoms with Crippen LogP contribution < -0.4 is 11.1 Å². The highest BCUT2D eigenvalue weighted by molar-refractivity contribution is 5.86. The smallest absolute Gasteiger partial charge is 0.296 e. The molecule has 0 saturated heterocycles. The molecule has 4 nitrogen and oxygen atoms in total. The first-order valence-corrected chi connectivity index (χ1v) is 6.62.